The molecule has 0 amide bonds. The highest BCUT2D eigenvalue weighted by molar-refractivity contribution is 8.00. The molecule has 0 spiro atoms. The smallest absolute Gasteiger partial charge is 0.138 e. The molecular weight excluding hydrogens is 201 g/mol. The molecule has 0 aliphatic heterocycles. The number of halogens is 1. The first-order valence-electron chi connectivity index (χ1n) is 4.46. The summed E-state index contributed by atoms with van der Waals surface area (Å²) in [6, 6.07) is 4.66. The molecule has 14 heavy (non-hydrogen) atoms. The van der Waals surface area contributed by atoms with Gasteiger partial charge in [-0.1, -0.05) is 6.92 Å². The second-order valence-electron chi connectivity index (χ2n) is 3.13. The summed E-state index contributed by atoms with van der Waals surface area (Å²) in [6.07, 6.45) is 0.661. The molecule has 1 unspecified atom stereocenters. The summed E-state index contributed by atoms with van der Waals surface area (Å²) in [6.45, 7) is 2.08. The molecule has 0 fully saturated rings. The van der Waals surface area contributed by atoms with Gasteiger partial charge in [0.2, 0.25) is 0 Å². The van der Waals surface area contributed by atoms with Crippen LogP contribution in [0.15, 0.2) is 23.1 Å². The van der Waals surface area contributed by atoms with Gasteiger partial charge in [0.1, 0.15) is 5.82 Å². The van der Waals surface area contributed by atoms with Crippen molar-refractivity contribution in [1.82, 2.24) is 0 Å². The van der Waals surface area contributed by atoms with Gasteiger partial charge in [-0.25, -0.2) is 4.39 Å². The van der Waals surface area contributed by atoms with Crippen LogP contribution in [-0.2, 0) is 0 Å². The maximum Gasteiger partial charge on any atom is 0.138 e. The fourth-order valence-electron chi connectivity index (χ4n) is 1.07. The second kappa shape index (κ2) is 5.22. The van der Waals surface area contributed by atoms with Gasteiger partial charge in [0, 0.05) is 22.4 Å². The van der Waals surface area contributed by atoms with Crippen LogP contribution in [0.5, 0.6) is 0 Å². The third-order valence-electron chi connectivity index (χ3n) is 1.82. The van der Waals surface area contributed by atoms with Gasteiger partial charge in [-0.05, 0) is 24.6 Å². The van der Waals surface area contributed by atoms with Crippen molar-refractivity contribution >= 4 is 17.4 Å². The van der Waals surface area contributed by atoms with Crippen LogP contribution in [0.2, 0.25) is 0 Å². The number of nitrogens with two attached hydrogens (primary N) is 1. The van der Waals surface area contributed by atoms with E-state index in [0.717, 1.165) is 0 Å². The molecule has 2 nitrogen and oxygen atoms in total. The van der Waals surface area contributed by atoms with Crippen molar-refractivity contribution in [2.45, 2.75) is 23.5 Å². The summed E-state index contributed by atoms with van der Waals surface area (Å²) in [5.74, 6) is -0.292. The lowest BCUT2D eigenvalue weighted by molar-refractivity contribution is 0.289. The Bertz CT molecular complexity index is 306. The molecule has 1 atom stereocenters. The van der Waals surface area contributed by atoms with E-state index in [2.05, 4.69) is 0 Å². The largest absolute Gasteiger partial charge is 0.399 e. The lowest BCUT2D eigenvalue weighted by Crippen LogP contribution is -2.00. The zero-order chi connectivity index (χ0) is 10.6. The summed E-state index contributed by atoms with van der Waals surface area (Å²) >= 11 is 1.41. The summed E-state index contributed by atoms with van der Waals surface area (Å²) < 4.78 is 13.3. The maximum atomic E-state index is 13.3. The Balaban J connectivity index is 2.67. The Morgan fingerprint density at radius 3 is 2.86 bits per heavy atom. The molecular formula is C10H14FNOS. The molecule has 0 saturated heterocycles. The summed E-state index contributed by atoms with van der Waals surface area (Å²) in [4.78, 5) is 0.583. The molecule has 0 aliphatic carbocycles. The van der Waals surface area contributed by atoms with Crippen molar-refractivity contribution in [3.8, 4) is 0 Å². The number of thioether (sulfide) groups is 1. The van der Waals surface area contributed by atoms with Crippen LogP contribution < -0.4 is 5.73 Å². The minimum atomic E-state index is -0.292. The van der Waals surface area contributed by atoms with Crippen LogP contribution in [0.3, 0.4) is 0 Å². The highest BCUT2D eigenvalue weighted by Gasteiger charge is 2.08. The van der Waals surface area contributed by atoms with Gasteiger partial charge in [-0.2, -0.15) is 0 Å². The second-order valence-corrected chi connectivity index (χ2v) is 4.61. The average molecular weight is 215 g/mol. The van der Waals surface area contributed by atoms with E-state index in [9.17, 15) is 4.39 Å². The first kappa shape index (κ1) is 11.3. The molecule has 4 heteroatoms. The Hall–Kier alpha value is -0.740. The van der Waals surface area contributed by atoms with Crippen molar-refractivity contribution in [1.29, 1.82) is 0 Å². The topological polar surface area (TPSA) is 46.2 Å². The van der Waals surface area contributed by atoms with E-state index >= 15 is 0 Å². The highest BCUT2D eigenvalue weighted by atomic mass is 32.2. The molecule has 0 aliphatic rings. The number of aliphatic hydroxyl groups is 1. The minimum Gasteiger partial charge on any atom is -0.399 e. The molecule has 0 heterocycles. The van der Waals surface area contributed by atoms with E-state index in [1.807, 2.05) is 6.92 Å². The van der Waals surface area contributed by atoms with Gasteiger partial charge < -0.3 is 10.8 Å². The van der Waals surface area contributed by atoms with Crippen LogP contribution >= 0.6 is 11.8 Å². The molecule has 0 aromatic heterocycles. The third kappa shape index (κ3) is 3.20. The Morgan fingerprint density at radius 2 is 2.29 bits per heavy atom. The normalized spacial score (nSPS) is 12.8. The first-order chi connectivity index (χ1) is 6.63. The average Bonchev–Trinajstić information content (AvgIpc) is 2.10. The van der Waals surface area contributed by atoms with Crippen LogP contribution in [0.4, 0.5) is 10.1 Å². The van der Waals surface area contributed by atoms with E-state index < -0.39 is 0 Å². The highest BCUT2D eigenvalue weighted by Crippen LogP contribution is 2.28. The maximum absolute atomic E-state index is 13.3. The van der Waals surface area contributed by atoms with Crippen molar-refractivity contribution in [2.24, 2.45) is 0 Å². The molecule has 1 rings (SSSR count). The van der Waals surface area contributed by atoms with E-state index in [4.69, 9.17) is 10.8 Å². The van der Waals surface area contributed by atoms with Crippen LogP contribution in [0, 0.1) is 5.82 Å². The summed E-state index contributed by atoms with van der Waals surface area (Å²) in [5.41, 5.74) is 5.86. The number of nitrogen functional groups attached to an aromatic ring is 1. The summed E-state index contributed by atoms with van der Waals surface area (Å²) in [5, 5.41) is 8.91. The SMILES string of the molecule is CC(CCO)Sc1ccc(N)cc1F. The third-order valence-corrected chi connectivity index (χ3v) is 3.04. The molecule has 78 valence electrons. The van der Waals surface area contributed by atoms with E-state index in [0.29, 0.717) is 17.0 Å². The minimum absolute atomic E-state index is 0.130. The van der Waals surface area contributed by atoms with Gasteiger partial charge in [0.15, 0.2) is 0 Å². The lowest BCUT2D eigenvalue weighted by atomic mass is 10.3. The van der Waals surface area contributed by atoms with Crippen molar-refractivity contribution < 1.29 is 9.50 Å². The summed E-state index contributed by atoms with van der Waals surface area (Å²) in [7, 11) is 0. The molecule has 0 bridgehead atoms. The van der Waals surface area contributed by atoms with E-state index in [-0.39, 0.29) is 17.7 Å². The fraction of sp³-hybridized carbons (Fsp3) is 0.400. The van der Waals surface area contributed by atoms with Gasteiger partial charge in [-0.3, -0.25) is 0 Å². The molecule has 0 saturated carbocycles. The van der Waals surface area contributed by atoms with E-state index in [1.54, 1.807) is 12.1 Å². The van der Waals surface area contributed by atoms with Gasteiger partial charge >= 0.3 is 0 Å². The van der Waals surface area contributed by atoms with Crippen LogP contribution in [0.25, 0.3) is 0 Å². The van der Waals surface area contributed by atoms with Gasteiger partial charge in [0.05, 0.1) is 0 Å². The standard InChI is InChI=1S/C10H14FNOS/c1-7(4-5-13)14-10-3-2-8(12)6-9(10)11/h2-3,6-7,13H,4-5,12H2,1H3. The predicted octanol–water partition coefficient (Wildman–Crippen LogP) is 2.27. The van der Waals surface area contributed by atoms with Crippen molar-refractivity contribution in [2.75, 3.05) is 12.3 Å². The Morgan fingerprint density at radius 1 is 1.57 bits per heavy atom. The quantitative estimate of drug-likeness (QED) is 0.598. The Labute approximate surface area is 87.3 Å². The molecule has 1 aromatic rings. The lowest BCUT2D eigenvalue weighted by Gasteiger charge is -2.10. The number of hydrogen-bond donors (Lipinski definition) is 2. The van der Waals surface area contributed by atoms with Gasteiger partial charge in [-0.15, -0.1) is 11.8 Å². The number of aliphatic hydroxyl groups excluding tert-OH is 1. The van der Waals surface area contributed by atoms with E-state index in [1.165, 1.54) is 17.8 Å². The molecule has 0 radical (unpaired) electrons. The number of rotatable bonds is 4. The Kier molecular flexibility index (Phi) is 4.22. The first-order valence-corrected chi connectivity index (χ1v) is 5.34. The number of benzene rings is 1. The van der Waals surface area contributed by atoms with Crippen molar-refractivity contribution in [3.05, 3.63) is 24.0 Å². The molecule has 1 aromatic carbocycles. The monoisotopic (exact) mass is 215 g/mol. The zero-order valence-corrected chi connectivity index (χ0v) is 8.85. The predicted molar refractivity (Wildman–Crippen MR) is 57.8 cm³/mol. The zero-order valence-electron chi connectivity index (χ0n) is 8.03. The fourth-order valence-corrected chi connectivity index (χ4v) is 2.05. The number of anilines is 1. The van der Waals surface area contributed by atoms with Crippen LogP contribution in [-0.4, -0.2) is 17.0 Å². The molecule has 3 N–H and O–H groups in total. The van der Waals surface area contributed by atoms with Crippen LogP contribution in [0.1, 0.15) is 13.3 Å². The van der Waals surface area contributed by atoms with Crippen molar-refractivity contribution in [3.63, 3.8) is 0 Å². The number of hydrogen-bond acceptors (Lipinski definition) is 3. The van der Waals surface area contributed by atoms with Gasteiger partial charge in [0.25, 0.3) is 0 Å².